The van der Waals surface area contributed by atoms with Crippen molar-refractivity contribution in [1.29, 1.82) is 0 Å². The van der Waals surface area contributed by atoms with E-state index in [1.165, 1.54) is 48.5 Å². The van der Waals surface area contributed by atoms with Crippen LogP contribution >= 0.6 is 0 Å². The number of rotatable bonds is 30. The van der Waals surface area contributed by atoms with Gasteiger partial charge in [0.25, 0.3) is 0 Å². The molecule has 4 fully saturated rings. The Morgan fingerprint density at radius 1 is 0.369 bits per heavy atom. The molecule has 0 aromatic carbocycles. The molecule has 0 aliphatic carbocycles. The normalized spacial score (nSPS) is 24.7. The molecule has 122 heavy (non-hydrogen) atoms. The van der Waals surface area contributed by atoms with Crippen LogP contribution in [0, 0.1) is 0 Å². The fourth-order valence-corrected chi connectivity index (χ4v) is 9.49. The smallest absolute Gasteiger partial charge is 0.550 e. The summed E-state index contributed by atoms with van der Waals surface area (Å²) in [6.45, 7) is 32.2. The van der Waals surface area contributed by atoms with Gasteiger partial charge in [-0.2, -0.15) is 0 Å². The summed E-state index contributed by atoms with van der Waals surface area (Å²) in [4.78, 5) is 178. The van der Waals surface area contributed by atoms with E-state index in [9.17, 15) is 84.9 Å². The molecule has 0 amide bonds. The molecule has 0 aromatic heterocycles. The first-order valence-corrected chi connectivity index (χ1v) is 36.8. The maximum Gasteiger partial charge on any atom is 1.00 e. The van der Waals surface area contributed by atoms with Crippen molar-refractivity contribution in [2.75, 3.05) is 59.5 Å². The van der Waals surface area contributed by atoms with E-state index < -0.39 is 239 Å². The van der Waals surface area contributed by atoms with Crippen molar-refractivity contribution in [1.82, 2.24) is 0 Å². The zero-order valence-corrected chi connectivity index (χ0v) is 73.9. The molecule has 0 bridgehead atoms. The molecule has 4 heterocycles. The van der Waals surface area contributed by atoms with Crippen LogP contribution < -0.4 is 34.7 Å². The summed E-state index contributed by atoms with van der Waals surface area (Å²) in [5.74, 6) is -11.1. The summed E-state index contributed by atoms with van der Waals surface area (Å²) >= 11 is 0. The van der Waals surface area contributed by atoms with Gasteiger partial charge in [-0.3, -0.25) is 84.9 Å². The van der Waals surface area contributed by atoms with Crippen molar-refractivity contribution in [3.63, 3.8) is 0 Å². The van der Waals surface area contributed by atoms with Crippen LogP contribution in [-0.2, 0) is 176 Å². The molecule has 44 nitrogen and oxygen atoms in total. The minimum absolute atomic E-state index is 0. The molecule has 0 saturated carbocycles. The molecule has 4 rings (SSSR count). The van der Waals surface area contributed by atoms with Crippen molar-refractivity contribution in [2.45, 2.75) is 286 Å². The number of carbonyl (C=O) groups is 16. The largest absolute Gasteiger partial charge is 1.00 e. The molecule has 0 spiro atoms. The van der Waals surface area contributed by atoms with Crippen molar-refractivity contribution >= 4 is 103 Å². The van der Waals surface area contributed by atoms with Crippen LogP contribution in [0.4, 0.5) is 12.9 Å². The fraction of sp³-hybridized carbons (Fsp3) is 0.726. The molecule has 4 aliphatic heterocycles. The van der Waals surface area contributed by atoms with E-state index in [-0.39, 0.29) is 56.0 Å². The van der Waals surface area contributed by atoms with E-state index in [2.05, 4.69) is 22.6 Å². The quantitative estimate of drug-likeness (QED) is 0.0102. The molecule has 0 aromatic rings. The predicted octanol–water partition coefficient (Wildman–Crippen LogP) is -3.32. The first-order chi connectivity index (χ1) is 56.3. The van der Waals surface area contributed by atoms with Gasteiger partial charge < -0.3 is 140 Å². The number of carboxylic acids is 1. The number of aliphatic hydroxyl groups excluding tert-OH is 6. The van der Waals surface area contributed by atoms with Crippen LogP contribution in [0.2, 0.25) is 0 Å². The van der Waals surface area contributed by atoms with Gasteiger partial charge in [-0.15, -0.1) is 13.2 Å². The van der Waals surface area contributed by atoms with Gasteiger partial charge in [0.05, 0.1) is 13.2 Å². The Hall–Kier alpha value is -8.47. The Bertz CT molecular complexity index is 3110. The van der Waals surface area contributed by atoms with Crippen LogP contribution in [0.25, 0.3) is 0 Å². The Morgan fingerprint density at radius 2 is 0.648 bits per heavy atom. The second-order valence-electron chi connectivity index (χ2n) is 24.5. The van der Waals surface area contributed by atoms with Crippen molar-refractivity contribution in [3.05, 3.63) is 25.3 Å². The van der Waals surface area contributed by atoms with Gasteiger partial charge >= 0.3 is 127 Å². The summed E-state index contributed by atoms with van der Waals surface area (Å²) in [5, 5.41) is 61.5. The third-order valence-electron chi connectivity index (χ3n) is 13.7. The van der Waals surface area contributed by atoms with Gasteiger partial charge in [0.2, 0.25) is 12.4 Å². The average Bonchev–Trinajstić information content (AvgIpc) is 0.795. The number of hydrogen-bond acceptors (Lipinski definition) is 44. The fourth-order valence-electron chi connectivity index (χ4n) is 9.49. The van der Waals surface area contributed by atoms with Gasteiger partial charge in [-0.1, -0.05) is 31.9 Å². The van der Waals surface area contributed by atoms with E-state index in [1.807, 2.05) is 20.8 Å². The molecule has 6 N–H and O–H groups in total. The van der Waals surface area contributed by atoms with Gasteiger partial charge in [-0.25, -0.2) is 0 Å². The molecule has 4 aliphatic rings. The third-order valence-corrected chi connectivity index (χ3v) is 13.7. The van der Waals surface area contributed by atoms with Gasteiger partial charge in [-0.05, 0) is 40.0 Å². The zero-order chi connectivity index (χ0) is 94.5. The number of ether oxygens (including phenoxy) is 21. The number of esters is 15. The molecule has 698 valence electrons. The zero-order valence-electron chi connectivity index (χ0n) is 71.9. The average molecular weight is 1790 g/mol. The molecular formula is C73H117BF3NaO44. The number of carboxylic acid groups (broad SMARTS) is 1. The number of halogens is 3. The Kier molecular flexibility index (Phi) is 73.3. The van der Waals surface area contributed by atoms with Crippen LogP contribution in [0.5, 0.6) is 0 Å². The van der Waals surface area contributed by atoms with Crippen LogP contribution in [-0.4, -0.2) is 316 Å². The second-order valence-corrected chi connectivity index (χ2v) is 24.5. The minimum Gasteiger partial charge on any atom is -0.550 e. The van der Waals surface area contributed by atoms with E-state index >= 15 is 0 Å². The van der Waals surface area contributed by atoms with Gasteiger partial charge in [0, 0.05) is 136 Å². The molecule has 4 saturated heterocycles. The summed E-state index contributed by atoms with van der Waals surface area (Å²) in [7, 11) is -3.67. The monoisotopic (exact) mass is 1790 g/mol. The molecule has 0 radical (unpaired) electrons. The third kappa shape index (κ3) is 62.6. The Morgan fingerprint density at radius 3 is 0.877 bits per heavy atom. The Balaban J connectivity index is -0.000000341. The predicted molar refractivity (Wildman–Crippen MR) is 396 cm³/mol. The SMILES string of the molecule is C=CCCO.C=CCCO[C@@H]1OC(COC(C)=O)[C@@H](OC(C)=O)[C@H](OC(C)=O)C1OC(C)=O.CC(=O)OC(C)=O.CC(=O)OCC1O[C@H](OC(C)=O)C(OC(C)=O)[C@@H](OC(C)=O)[C@@H]1OC(C)=O.CC(=O)[O-].CCCCCO[C@@H]1OC(COC(C)=O)[C@@H](OC(C)=O)[C@H](OC(C)=O)C1OC(C)=O.CCOCC.FB(F)F.OCC1O[C@@H](O)C(O)[C@@H](O)[C@@H]1O.[Na+]. The standard InChI is InChI=1S/C19H30O10.C18H26O10.C16H22O11.C6H12O6.C4H6O3.C4H10O.C4H8O.C2H4O2.BF3.Na/c1-6-7-8-9-24-19-18(28-14(5)23)17(27-13(4)22)16(26-12(3)21)15(29-19)10-25-11(2)20;1-6-7-8-23-18-17(27-13(5)22)16(26-12(4)21)15(25-11(3)20)14(28-18)9-24-10(2)19;1-7(17)22-6-12-13(23-8(2)18)14(24-9(3)19)15(25-10(4)20)16(27-12)26-11(5)21;7-1-2-3(8)4(9)5(10)6(11)12-2;1-3(5)7-4(2)6;1-3-5-4-2;1-2-3-4-5;1-2(3)4;2-1(3)4;/h15-19H,6-10H2,1-5H3;6,14-18H,1,7-9H2,2-5H3;12-16H,6H2,1-5H3;2-11H,1H2;1-2H3;3-4H2,1-2H3;2,5H,1,3-4H2;1H3,(H,3,4);;/q;;;;;;;;;+1/p-1/t15?,16-,17+,18?,19-;14?,15-,16+,17?,18-;12?,13-,14+,15?,16+;2?,3-,4+,5?,6-;;;;;;/m1111....../s1. The van der Waals surface area contributed by atoms with Crippen molar-refractivity contribution in [3.8, 4) is 0 Å². The first-order valence-electron chi connectivity index (χ1n) is 36.8. The summed E-state index contributed by atoms with van der Waals surface area (Å²) in [6.07, 6.45) is -18.1. The minimum atomic E-state index is -3.67. The maximum absolute atomic E-state index is 11.7. The van der Waals surface area contributed by atoms with Crippen LogP contribution in [0.3, 0.4) is 0 Å². The number of hydrogen-bond donors (Lipinski definition) is 6. The van der Waals surface area contributed by atoms with E-state index in [4.69, 9.17) is 131 Å². The van der Waals surface area contributed by atoms with Crippen molar-refractivity contribution < 1.29 is 254 Å². The molecule has 20 atom stereocenters. The number of aliphatic hydroxyl groups is 6. The van der Waals surface area contributed by atoms with Crippen LogP contribution in [0.1, 0.15) is 164 Å². The first kappa shape index (κ1) is 124. The number of unbranched alkanes of at least 4 members (excludes halogenated alkanes) is 2. The Labute approximate surface area is 725 Å². The van der Waals surface area contributed by atoms with Crippen LogP contribution in [0.15, 0.2) is 25.3 Å². The maximum atomic E-state index is 11.7. The van der Waals surface area contributed by atoms with Gasteiger partial charge in [0.15, 0.2) is 67.7 Å². The molecular weight excluding hydrogens is 1670 g/mol. The second kappa shape index (κ2) is 71.9. The molecule has 49 heteroatoms. The number of aliphatic carboxylic acids is 1. The van der Waals surface area contributed by atoms with Crippen molar-refractivity contribution in [2.24, 2.45) is 0 Å². The van der Waals surface area contributed by atoms with E-state index in [1.54, 1.807) is 12.2 Å². The molecule has 8 unspecified atom stereocenters. The topological polar surface area (TPSA) is 611 Å². The van der Waals surface area contributed by atoms with Gasteiger partial charge in [0.1, 0.15) is 62.5 Å². The van der Waals surface area contributed by atoms with E-state index in [0.29, 0.717) is 19.4 Å². The summed E-state index contributed by atoms with van der Waals surface area (Å²) in [6, 6.07) is 0. The number of carbonyl (C=O) groups excluding carboxylic acids is 16. The van der Waals surface area contributed by atoms with E-state index in [0.717, 1.165) is 94.8 Å². The summed E-state index contributed by atoms with van der Waals surface area (Å²) in [5.41, 5.74) is 0. The summed E-state index contributed by atoms with van der Waals surface area (Å²) < 4.78 is 138.